The van der Waals surface area contributed by atoms with E-state index in [2.05, 4.69) is 11.9 Å². The van der Waals surface area contributed by atoms with E-state index in [0.717, 1.165) is 21.8 Å². The number of thioether (sulfide) groups is 1. The van der Waals surface area contributed by atoms with Gasteiger partial charge in [-0.25, -0.2) is 4.98 Å². The first-order chi connectivity index (χ1) is 8.71. The maximum Gasteiger partial charge on any atom is 0.263 e. The summed E-state index contributed by atoms with van der Waals surface area (Å²) in [4.78, 5) is 19.0. The number of ether oxygens (including phenoxy) is 1. The molecule has 2 rings (SSSR count). The first-order valence-electron chi connectivity index (χ1n) is 5.77. The van der Waals surface area contributed by atoms with Crippen molar-refractivity contribution >= 4 is 33.3 Å². The van der Waals surface area contributed by atoms with Crippen LogP contribution in [0.5, 0.6) is 0 Å². The zero-order valence-electron chi connectivity index (χ0n) is 10.7. The van der Waals surface area contributed by atoms with E-state index >= 15 is 0 Å². The van der Waals surface area contributed by atoms with Crippen LogP contribution in [0, 0.1) is 0 Å². The molecule has 0 aliphatic rings. The highest BCUT2D eigenvalue weighted by Crippen LogP contribution is 2.24. The minimum atomic E-state index is 0.0392. The number of aryl methyl sites for hydroxylation is 1. The third kappa shape index (κ3) is 2.46. The summed E-state index contributed by atoms with van der Waals surface area (Å²) in [6.45, 7) is 3.15. The van der Waals surface area contributed by atoms with Gasteiger partial charge in [0.15, 0.2) is 5.16 Å². The van der Waals surface area contributed by atoms with Crippen molar-refractivity contribution in [3.8, 4) is 0 Å². The van der Waals surface area contributed by atoms with Crippen molar-refractivity contribution in [2.45, 2.75) is 25.0 Å². The summed E-state index contributed by atoms with van der Waals surface area (Å²) in [5.74, 6) is 0. The van der Waals surface area contributed by atoms with Crippen LogP contribution in [0.4, 0.5) is 0 Å². The molecule has 0 fully saturated rings. The number of aromatic nitrogens is 2. The molecule has 6 heteroatoms. The molecule has 2 heterocycles. The summed E-state index contributed by atoms with van der Waals surface area (Å²) in [6.07, 6.45) is 2.87. The van der Waals surface area contributed by atoms with Gasteiger partial charge in [-0.3, -0.25) is 9.36 Å². The molecule has 0 aliphatic heterocycles. The summed E-state index contributed by atoms with van der Waals surface area (Å²) in [6, 6.07) is 1.96. The second-order valence-corrected chi connectivity index (χ2v) is 5.72. The van der Waals surface area contributed by atoms with E-state index < -0.39 is 0 Å². The SMILES string of the molecule is CCc1cc2c(=O)n(CCOC)c(SC)nc2s1. The fourth-order valence-electron chi connectivity index (χ4n) is 1.76. The molecule has 0 saturated carbocycles. The Bertz CT molecular complexity index is 604. The van der Waals surface area contributed by atoms with Crippen molar-refractivity contribution in [1.82, 2.24) is 9.55 Å². The molecule has 4 nitrogen and oxygen atoms in total. The molecule has 0 radical (unpaired) electrons. The van der Waals surface area contributed by atoms with Gasteiger partial charge in [-0.2, -0.15) is 0 Å². The number of hydrogen-bond acceptors (Lipinski definition) is 5. The number of methoxy groups -OCH3 is 1. The van der Waals surface area contributed by atoms with E-state index in [-0.39, 0.29) is 5.56 Å². The summed E-state index contributed by atoms with van der Waals surface area (Å²) >= 11 is 3.10. The van der Waals surface area contributed by atoms with Crippen LogP contribution in [-0.2, 0) is 17.7 Å². The fraction of sp³-hybridized carbons (Fsp3) is 0.500. The Balaban J connectivity index is 2.60. The zero-order valence-corrected chi connectivity index (χ0v) is 12.4. The Morgan fingerprint density at radius 1 is 1.56 bits per heavy atom. The molecule has 18 heavy (non-hydrogen) atoms. The Labute approximate surface area is 114 Å². The molecular formula is C12H16N2O2S2. The van der Waals surface area contributed by atoms with Crippen molar-refractivity contribution in [2.24, 2.45) is 0 Å². The standard InChI is InChI=1S/C12H16N2O2S2/c1-4-8-7-9-10(18-8)13-12(17-3)14(11(9)15)5-6-16-2/h7H,4-6H2,1-3H3. The minimum absolute atomic E-state index is 0.0392. The van der Waals surface area contributed by atoms with Crippen LogP contribution in [0.15, 0.2) is 16.0 Å². The largest absolute Gasteiger partial charge is 0.383 e. The lowest BCUT2D eigenvalue weighted by Crippen LogP contribution is -2.24. The van der Waals surface area contributed by atoms with Gasteiger partial charge in [0.1, 0.15) is 4.83 Å². The normalized spacial score (nSPS) is 11.3. The van der Waals surface area contributed by atoms with Crippen LogP contribution in [0.3, 0.4) is 0 Å². The quantitative estimate of drug-likeness (QED) is 0.624. The minimum Gasteiger partial charge on any atom is -0.383 e. The van der Waals surface area contributed by atoms with Gasteiger partial charge < -0.3 is 4.74 Å². The van der Waals surface area contributed by atoms with E-state index in [9.17, 15) is 4.79 Å². The highest BCUT2D eigenvalue weighted by molar-refractivity contribution is 7.98. The van der Waals surface area contributed by atoms with Gasteiger partial charge in [0.25, 0.3) is 5.56 Å². The van der Waals surface area contributed by atoms with E-state index in [1.807, 2.05) is 12.3 Å². The zero-order chi connectivity index (χ0) is 13.1. The first-order valence-corrected chi connectivity index (χ1v) is 7.81. The summed E-state index contributed by atoms with van der Waals surface area (Å²) in [5.41, 5.74) is 0.0392. The summed E-state index contributed by atoms with van der Waals surface area (Å²) in [7, 11) is 1.63. The first kappa shape index (κ1) is 13.6. The van der Waals surface area contributed by atoms with Crippen LogP contribution in [0.25, 0.3) is 10.2 Å². The van der Waals surface area contributed by atoms with Crippen molar-refractivity contribution in [3.05, 3.63) is 21.3 Å². The van der Waals surface area contributed by atoms with Gasteiger partial charge in [0.05, 0.1) is 18.5 Å². The number of hydrogen-bond donors (Lipinski definition) is 0. The summed E-state index contributed by atoms with van der Waals surface area (Å²) < 4.78 is 6.74. The molecule has 0 bridgehead atoms. The number of rotatable bonds is 5. The van der Waals surface area contributed by atoms with Crippen molar-refractivity contribution < 1.29 is 4.74 Å². The highest BCUT2D eigenvalue weighted by Gasteiger charge is 2.12. The van der Waals surface area contributed by atoms with Gasteiger partial charge >= 0.3 is 0 Å². The average Bonchev–Trinajstić information content (AvgIpc) is 2.80. The lowest BCUT2D eigenvalue weighted by Gasteiger charge is -2.09. The molecule has 0 saturated heterocycles. The molecule has 0 aromatic carbocycles. The van der Waals surface area contributed by atoms with Crippen molar-refractivity contribution in [3.63, 3.8) is 0 Å². The van der Waals surface area contributed by atoms with Crippen LogP contribution < -0.4 is 5.56 Å². The van der Waals surface area contributed by atoms with Gasteiger partial charge in [0, 0.05) is 12.0 Å². The predicted molar refractivity (Wildman–Crippen MR) is 76.9 cm³/mol. The van der Waals surface area contributed by atoms with E-state index in [1.54, 1.807) is 23.0 Å². The Kier molecular flexibility index (Phi) is 4.42. The number of nitrogens with zero attached hydrogens (tertiary/aromatic N) is 2. The molecule has 0 unspecified atom stereocenters. The third-order valence-corrected chi connectivity index (χ3v) is 4.57. The van der Waals surface area contributed by atoms with E-state index in [0.29, 0.717) is 13.2 Å². The number of thiophene rings is 1. The molecule has 0 aliphatic carbocycles. The van der Waals surface area contributed by atoms with E-state index in [4.69, 9.17) is 4.74 Å². The Morgan fingerprint density at radius 3 is 2.94 bits per heavy atom. The molecule has 98 valence electrons. The lowest BCUT2D eigenvalue weighted by molar-refractivity contribution is 0.183. The van der Waals surface area contributed by atoms with Crippen molar-refractivity contribution in [2.75, 3.05) is 20.0 Å². The summed E-state index contributed by atoms with van der Waals surface area (Å²) in [5, 5.41) is 1.49. The van der Waals surface area contributed by atoms with Crippen molar-refractivity contribution in [1.29, 1.82) is 0 Å². The Hall–Kier alpha value is -0.850. The molecule has 2 aromatic rings. The molecule has 2 aromatic heterocycles. The van der Waals surface area contributed by atoms with Crippen LogP contribution >= 0.6 is 23.1 Å². The molecule has 0 amide bonds. The Morgan fingerprint density at radius 2 is 2.33 bits per heavy atom. The molecule has 0 atom stereocenters. The third-order valence-electron chi connectivity index (χ3n) is 2.72. The maximum atomic E-state index is 12.4. The van der Waals surface area contributed by atoms with Crippen LogP contribution in [0.1, 0.15) is 11.8 Å². The molecule has 0 spiro atoms. The second-order valence-electron chi connectivity index (χ2n) is 3.83. The smallest absolute Gasteiger partial charge is 0.263 e. The fourth-order valence-corrected chi connectivity index (χ4v) is 3.35. The average molecular weight is 284 g/mol. The predicted octanol–water partition coefficient (Wildman–Crippen LogP) is 2.39. The van der Waals surface area contributed by atoms with Crippen LogP contribution in [0.2, 0.25) is 0 Å². The second kappa shape index (κ2) is 5.86. The van der Waals surface area contributed by atoms with Gasteiger partial charge in [0.2, 0.25) is 0 Å². The van der Waals surface area contributed by atoms with E-state index in [1.165, 1.54) is 16.6 Å². The highest BCUT2D eigenvalue weighted by atomic mass is 32.2. The topological polar surface area (TPSA) is 44.1 Å². The van der Waals surface area contributed by atoms with Gasteiger partial charge in [-0.1, -0.05) is 18.7 Å². The van der Waals surface area contributed by atoms with Gasteiger partial charge in [-0.15, -0.1) is 11.3 Å². The monoisotopic (exact) mass is 284 g/mol. The number of fused-ring (bicyclic) bond motifs is 1. The lowest BCUT2D eigenvalue weighted by atomic mass is 10.3. The van der Waals surface area contributed by atoms with Gasteiger partial charge in [-0.05, 0) is 18.7 Å². The molecular weight excluding hydrogens is 268 g/mol. The molecule has 0 N–H and O–H groups in total. The van der Waals surface area contributed by atoms with Crippen LogP contribution in [-0.4, -0.2) is 29.5 Å². The maximum absolute atomic E-state index is 12.4.